The summed E-state index contributed by atoms with van der Waals surface area (Å²) in [5.41, 5.74) is 0. The molecule has 0 N–H and O–H groups in total. The molecule has 1 saturated heterocycles. The zero-order valence-corrected chi connectivity index (χ0v) is 16.4. The molecule has 0 saturated carbocycles. The molecular weight excluding hydrogens is 296 g/mol. The van der Waals surface area contributed by atoms with E-state index in [1.807, 2.05) is 0 Å². The van der Waals surface area contributed by atoms with Gasteiger partial charge in [0.05, 0.1) is 5.92 Å². The van der Waals surface area contributed by atoms with Gasteiger partial charge in [0, 0.05) is 0 Å². The van der Waals surface area contributed by atoms with Crippen molar-refractivity contribution in [3.63, 3.8) is 0 Å². The molecule has 0 aromatic rings. The summed E-state index contributed by atoms with van der Waals surface area (Å²) in [5.74, 6) is 0.291. The van der Waals surface area contributed by atoms with Gasteiger partial charge in [-0.2, -0.15) is 0 Å². The van der Waals surface area contributed by atoms with E-state index in [1.54, 1.807) is 0 Å². The second-order valence-electron chi connectivity index (χ2n) is 7.60. The first-order valence-corrected chi connectivity index (χ1v) is 10.8. The van der Waals surface area contributed by atoms with E-state index >= 15 is 0 Å². The van der Waals surface area contributed by atoms with E-state index in [1.165, 1.54) is 89.9 Å². The first kappa shape index (κ1) is 21.5. The molecule has 0 aromatic carbocycles. The number of hydrogen-bond acceptors (Lipinski definition) is 2. The zero-order valence-electron chi connectivity index (χ0n) is 16.4. The Labute approximate surface area is 151 Å². The molecule has 2 atom stereocenters. The smallest absolute Gasteiger partial charge is 0.313 e. The molecule has 0 amide bonds. The molecule has 1 radical (unpaired) electrons. The van der Waals surface area contributed by atoms with E-state index in [0.717, 1.165) is 12.8 Å². The van der Waals surface area contributed by atoms with Gasteiger partial charge in [-0.15, -0.1) is 0 Å². The van der Waals surface area contributed by atoms with Crippen LogP contribution in [-0.4, -0.2) is 12.1 Å². The highest BCUT2D eigenvalue weighted by Crippen LogP contribution is 2.31. The van der Waals surface area contributed by atoms with Crippen molar-refractivity contribution < 1.29 is 9.53 Å². The maximum absolute atomic E-state index is 11.6. The number of cyclic esters (lactones) is 1. The van der Waals surface area contributed by atoms with Crippen LogP contribution in [0, 0.1) is 12.3 Å². The summed E-state index contributed by atoms with van der Waals surface area (Å²) in [6.45, 7) is 4.38. The zero-order chi connectivity index (χ0) is 17.5. The van der Waals surface area contributed by atoms with Crippen molar-refractivity contribution in [2.45, 2.75) is 123 Å². The van der Waals surface area contributed by atoms with Gasteiger partial charge in [-0.25, -0.2) is 0 Å². The lowest BCUT2D eigenvalue weighted by Gasteiger charge is -2.35. The normalized spacial score (nSPS) is 20.0. The van der Waals surface area contributed by atoms with Crippen LogP contribution in [-0.2, 0) is 9.53 Å². The number of carbonyl (C=O) groups excluding carboxylic acids is 1. The Bertz CT molecular complexity index is 300. The third-order valence-corrected chi connectivity index (χ3v) is 5.37. The van der Waals surface area contributed by atoms with Crippen LogP contribution in [0.5, 0.6) is 0 Å². The summed E-state index contributed by atoms with van der Waals surface area (Å²) in [6.07, 6.45) is 23.2. The van der Waals surface area contributed by atoms with Crippen LogP contribution >= 0.6 is 0 Å². The van der Waals surface area contributed by atoms with E-state index in [4.69, 9.17) is 4.74 Å². The van der Waals surface area contributed by atoms with E-state index in [2.05, 4.69) is 20.3 Å². The lowest BCUT2D eigenvalue weighted by molar-refractivity contribution is -0.186. The molecule has 2 heteroatoms. The van der Waals surface area contributed by atoms with Gasteiger partial charge in [-0.1, -0.05) is 97.3 Å². The maximum atomic E-state index is 11.6. The highest BCUT2D eigenvalue weighted by molar-refractivity contribution is 5.78. The third-order valence-electron chi connectivity index (χ3n) is 5.37. The molecule has 0 bridgehead atoms. The molecule has 1 aliphatic rings. The number of unbranched alkanes of at least 4 members (excludes halogenated alkanes) is 13. The quantitative estimate of drug-likeness (QED) is 0.211. The van der Waals surface area contributed by atoms with Crippen LogP contribution in [0.15, 0.2) is 0 Å². The topological polar surface area (TPSA) is 26.3 Å². The van der Waals surface area contributed by atoms with E-state index in [-0.39, 0.29) is 18.0 Å². The van der Waals surface area contributed by atoms with Crippen LogP contribution in [0.25, 0.3) is 0 Å². The third kappa shape index (κ3) is 9.69. The molecule has 1 aliphatic heterocycles. The minimum Gasteiger partial charge on any atom is -0.461 e. The van der Waals surface area contributed by atoms with Crippen molar-refractivity contribution in [3.05, 3.63) is 6.42 Å². The van der Waals surface area contributed by atoms with Gasteiger partial charge in [0.2, 0.25) is 0 Å². The summed E-state index contributed by atoms with van der Waals surface area (Å²) < 4.78 is 5.36. The van der Waals surface area contributed by atoms with Crippen molar-refractivity contribution in [3.8, 4) is 0 Å². The number of carbonyl (C=O) groups is 1. The van der Waals surface area contributed by atoms with Crippen molar-refractivity contribution in [2.75, 3.05) is 0 Å². The molecule has 1 rings (SSSR count). The first-order chi connectivity index (χ1) is 11.8. The maximum Gasteiger partial charge on any atom is 0.313 e. The molecule has 0 spiro atoms. The average molecular weight is 338 g/mol. The first-order valence-electron chi connectivity index (χ1n) is 10.8. The van der Waals surface area contributed by atoms with Crippen molar-refractivity contribution >= 4 is 5.97 Å². The van der Waals surface area contributed by atoms with Gasteiger partial charge in [-0.05, 0) is 25.7 Å². The van der Waals surface area contributed by atoms with E-state index < -0.39 is 0 Å². The molecule has 0 aliphatic carbocycles. The lowest BCUT2D eigenvalue weighted by Crippen LogP contribution is -2.44. The van der Waals surface area contributed by atoms with E-state index in [0.29, 0.717) is 0 Å². The summed E-state index contributed by atoms with van der Waals surface area (Å²) in [5, 5.41) is 0. The minimum atomic E-state index is 0.0668. The number of rotatable bonds is 17. The molecule has 2 unspecified atom stereocenters. The fraction of sp³-hybridized carbons (Fsp3) is 0.909. The molecule has 141 valence electrons. The monoisotopic (exact) mass is 337 g/mol. The van der Waals surface area contributed by atoms with Gasteiger partial charge < -0.3 is 4.74 Å². The summed E-state index contributed by atoms with van der Waals surface area (Å²) in [7, 11) is 0. The minimum absolute atomic E-state index is 0.0668. The van der Waals surface area contributed by atoms with Crippen LogP contribution in [0.2, 0.25) is 0 Å². The second kappa shape index (κ2) is 14.8. The van der Waals surface area contributed by atoms with Gasteiger partial charge in [0.1, 0.15) is 6.10 Å². The second-order valence-corrected chi connectivity index (χ2v) is 7.60. The molecule has 0 aromatic heterocycles. The molecule has 2 nitrogen and oxygen atoms in total. The Balaban J connectivity index is 1.87. The Morgan fingerprint density at radius 2 is 1.33 bits per heavy atom. The molecule has 1 heterocycles. The number of hydrogen-bond donors (Lipinski definition) is 0. The Morgan fingerprint density at radius 3 is 1.92 bits per heavy atom. The summed E-state index contributed by atoms with van der Waals surface area (Å²) in [4.78, 5) is 11.6. The SMILES string of the molecule is C[CH]CCCCCCCCCCCC1OC(=O)C1CCCCCC. The van der Waals surface area contributed by atoms with Crippen molar-refractivity contribution in [1.29, 1.82) is 0 Å². The standard InChI is InChI=1S/C22H41O2/c1-3-5-7-9-10-11-12-13-14-15-17-19-21-20(22(23)24-21)18-16-8-6-4-2/h3,20-21H,4-19H2,1-2H3. The number of ether oxygens (including phenoxy) is 1. The average Bonchev–Trinajstić information content (AvgIpc) is 2.58. The largest absolute Gasteiger partial charge is 0.461 e. The van der Waals surface area contributed by atoms with Crippen molar-refractivity contribution in [1.82, 2.24) is 0 Å². The fourth-order valence-corrected chi connectivity index (χ4v) is 3.68. The van der Waals surface area contributed by atoms with Crippen LogP contribution in [0.3, 0.4) is 0 Å². The predicted octanol–water partition coefficient (Wildman–Crippen LogP) is 7.01. The lowest BCUT2D eigenvalue weighted by atomic mass is 9.87. The fourth-order valence-electron chi connectivity index (χ4n) is 3.68. The molecular formula is C22H41O2. The highest BCUT2D eigenvalue weighted by Gasteiger charge is 2.40. The Hall–Kier alpha value is -0.530. The summed E-state index contributed by atoms with van der Waals surface area (Å²) >= 11 is 0. The summed E-state index contributed by atoms with van der Waals surface area (Å²) in [6, 6.07) is 0. The van der Waals surface area contributed by atoms with E-state index in [9.17, 15) is 4.79 Å². The molecule has 1 fully saturated rings. The highest BCUT2D eigenvalue weighted by atomic mass is 16.6. The number of esters is 1. The van der Waals surface area contributed by atoms with Gasteiger partial charge in [-0.3, -0.25) is 4.79 Å². The van der Waals surface area contributed by atoms with Crippen LogP contribution < -0.4 is 0 Å². The Kier molecular flexibility index (Phi) is 13.3. The predicted molar refractivity (Wildman–Crippen MR) is 103 cm³/mol. The van der Waals surface area contributed by atoms with Crippen LogP contribution in [0.1, 0.15) is 117 Å². The Morgan fingerprint density at radius 1 is 0.792 bits per heavy atom. The van der Waals surface area contributed by atoms with Gasteiger partial charge in [0.15, 0.2) is 0 Å². The molecule has 24 heavy (non-hydrogen) atoms. The van der Waals surface area contributed by atoms with Gasteiger partial charge >= 0.3 is 5.97 Å². The van der Waals surface area contributed by atoms with Gasteiger partial charge in [0.25, 0.3) is 0 Å². The van der Waals surface area contributed by atoms with Crippen molar-refractivity contribution in [2.24, 2.45) is 5.92 Å². The van der Waals surface area contributed by atoms with Crippen LogP contribution in [0.4, 0.5) is 0 Å².